The topological polar surface area (TPSA) is 75.3 Å². The van der Waals surface area contributed by atoms with Gasteiger partial charge < -0.3 is 5.32 Å². The van der Waals surface area contributed by atoms with Gasteiger partial charge in [0.05, 0.1) is 4.90 Å². The Hall–Kier alpha value is -3.48. The Morgan fingerprint density at radius 1 is 0.829 bits per heavy atom. The normalized spacial score (nSPS) is 19.8. The predicted molar refractivity (Wildman–Crippen MR) is 168 cm³/mol. The molecule has 5 nitrogen and oxygen atoms in total. The van der Waals surface area contributed by atoms with Crippen molar-refractivity contribution in [3.8, 4) is 0 Å². The number of anilines is 1. The molecule has 1 saturated carbocycles. The second-order valence-electron chi connectivity index (χ2n) is 11.4. The maximum atomic E-state index is 13.9. The van der Waals surface area contributed by atoms with E-state index in [-0.39, 0.29) is 22.8 Å². The summed E-state index contributed by atoms with van der Waals surface area (Å²) in [6.45, 7) is 4.08. The third-order valence-electron chi connectivity index (χ3n) is 8.59. The summed E-state index contributed by atoms with van der Waals surface area (Å²) in [6.07, 6.45) is 7.15. The van der Waals surface area contributed by atoms with E-state index in [2.05, 4.69) is 47.3 Å². The number of hydrogen-bond donors (Lipinski definition) is 2. The molecule has 0 radical (unpaired) electrons. The Balaban J connectivity index is 1.38. The van der Waals surface area contributed by atoms with E-state index >= 15 is 0 Å². The molecule has 1 unspecified atom stereocenters. The van der Waals surface area contributed by atoms with Crippen LogP contribution >= 0.6 is 0 Å². The lowest BCUT2D eigenvalue weighted by atomic mass is 9.78. The Morgan fingerprint density at radius 3 is 2.27 bits per heavy atom. The Morgan fingerprint density at radius 2 is 1.51 bits per heavy atom. The minimum absolute atomic E-state index is 0.109. The van der Waals surface area contributed by atoms with E-state index < -0.39 is 10.0 Å². The highest BCUT2D eigenvalue weighted by molar-refractivity contribution is 7.89. The minimum Gasteiger partial charge on any atom is -0.321 e. The second kappa shape index (κ2) is 13.0. The summed E-state index contributed by atoms with van der Waals surface area (Å²) in [5.74, 6) is 0.608. The third kappa shape index (κ3) is 6.88. The van der Waals surface area contributed by atoms with E-state index in [9.17, 15) is 13.2 Å². The molecular formula is C35H40N2O3S. The van der Waals surface area contributed by atoms with Crippen molar-refractivity contribution in [2.75, 3.05) is 5.32 Å². The average molecular weight is 569 g/mol. The van der Waals surface area contributed by atoms with Gasteiger partial charge in [0.15, 0.2) is 0 Å². The predicted octanol–water partition coefficient (Wildman–Crippen LogP) is 7.90. The zero-order valence-electron chi connectivity index (χ0n) is 24.0. The van der Waals surface area contributed by atoms with Crippen molar-refractivity contribution < 1.29 is 13.2 Å². The van der Waals surface area contributed by atoms with Crippen LogP contribution in [0.5, 0.6) is 0 Å². The Labute approximate surface area is 244 Å². The molecule has 0 spiro atoms. The van der Waals surface area contributed by atoms with Gasteiger partial charge in [-0.1, -0.05) is 105 Å². The molecule has 0 heterocycles. The van der Waals surface area contributed by atoms with Crippen LogP contribution in [0.2, 0.25) is 0 Å². The number of sulfonamides is 1. The number of benzene rings is 4. The molecule has 0 aliphatic heterocycles. The lowest BCUT2D eigenvalue weighted by molar-refractivity contribution is 0.102. The molecule has 0 aromatic heterocycles. The minimum atomic E-state index is -3.80. The molecule has 1 aliphatic carbocycles. The average Bonchev–Trinajstić information content (AvgIpc) is 2.97. The van der Waals surface area contributed by atoms with Crippen molar-refractivity contribution in [1.29, 1.82) is 0 Å². The van der Waals surface area contributed by atoms with Crippen LogP contribution in [0.1, 0.15) is 66.9 Å². The van der Waals surface area contributed by atoms with Gasteiger partial charge in [-0.15, -0.1) is 0 Å². The van der Waals surface area contributed by atoms with Crippen molar-refractivity contribution >= 4 is 32.4 Å². The van der Waals surface area contributed by atoms with E-state index in [0.717, 1.165) is 44.1 Å². The first kappa shape index (κ1) is 29.0. The van der Waals surface area contributed by atoms with Crippen LogP contribution in [-0.4, -0.2) is 20.4 Å². The summed E-state index contributed by atoms with van der Waals surface area (Å²) in [4.78, 5) is 13.3. The SMILES string of the molecule is CC[C@H]1CC(Cc2ccccc2)CCCC[C@@H]1NS(=O)(=O)c1ccc(NC(=O)c2ccccc2C)c2ccccc12. The van der Waals surface area contributed by atoms with Crippen LogP contribution in [-0.2, 0) is 16.4 Å². The molecule has 2 N–H and O–H groups in total. The molecule has 4 aromatic carbocycles. The van der Waals surface area contributed by atoms with E-state index in [1.165, 1.54) is 12.0 Å². The number of aryl methyl sites for hydroxylation is 1. The van der Waals surface area contributed by atoms with E-state index in [4.69, 9.17) is 0 Å². The molecule has 41 heavy (non-hydrogen) atoms. The fourth-order valence-corrected chi connectivity index (χ4v) is 7.93. The smallest absolute Gasteiger partial charge is 0.255 e. The first-order valence-corrected chi connectivity index (χ1v) is 16.3. The second-order valence-corrected chi connectivity index (χ2v) is 13.1. The monoisotopic (exact) mass is 568 g/mol. The van der Waals surface area contributed by atoms with Gasteiger partial charge >= 0.3 is 0 Å². The molecule has 4 aromatic rings. The van der Waals surface area contributed by atoms with Gasteiger partial charge in [-0.2, -0.15) is 0 Å². The van der Waals surface area contributed by atoms with Crippen LogP contribution < -0.4 is 10.0 Å². The van der Waals surface area contributed by atoms with Gasteiger partial charge in [0, 0.05) is 28.1 Å². The quantitative estimate of drug-likeness (QED) is 0.227. The fraction of sp³-hybridized carbons (Fsp3) is 0.343. The first-order valence-electron chi connectivity index (χ1n) is 14.8. The van der Waals surface area contributed by atoms with E-state index in [1.54, 1.807) is 18.2 Å². The number of carbonyl (C=O) groups is 1. The number of carbonyl (C=O) groups excluding carboxylic acids is 1. The standard InChI is InChI=1S/C35H40N2O3S/c1-3-28-24-27(23-26-14-5-4-6-15-26)16-8-12-20-32(28)37-41(39,40)34-22-21-33(30-18-10-11-19-31(30)34)36-35(38)29-17-9-7-13-25(29)2/h4-7,9-11,13-15,17-19,21-22,27-28,32,37H,3,8,12,16,20,23-24H2,1-2H3,(H,36,38)/t27?,28-,32-/m0/s1. The molecular weight excluding hydrogens is 528 g/mol. The molecule has 0 saturated heterocycles. The van der Waals surface area contributed by atoms with Crippen LogP contribution in [0.15, 0.2) is 95.9 Å². The number of rotatable bonds is 8. The van der Waals surface area contributed by atoms with Gasteiger partial charge in [0.1, 0.15) is 0 Å². The van der Waals surface area contributed by atoms with Crippen molar-refractivity contribution in [2.45, 2.75) is 69.7 Å². The Kier molecular flexibility index (Phi) is 9.21. The van der Waals surface area contributed by atoms with E-state index in [1.807, 2.05) is 49.4 Å². The fourth-order valence-electron chi connectivity index (χ4n) is 6.38. The summed E-state index contributed by atoms with van der Waals surface area (Å²) in [5.41, 5.74) is 3.42. The van der Waals surface area contributed by atoms with Crippen LogP contribution in [0, 0.1) is 18.8 Å². The molecule has 1 amide bonds. The molecule has 3 atom stereocenters. The highest BCUT2D eigenvalue weighted by atomic mass is 32.2. The summed E-state index contributed by atoms with van der Waals surface area (Å²) in [6, 6.07) is 28.7. The highest BCUT2D eigenvalue weighted by Gasteiger charge is 2.30. The van der Waals surface area contributed by atoms with Gasteiger partial charge in [-0.05, 0) is 67.3 Å². The van der Waals surface area contributed by atoms with E-state index in [0.29, 0.717) is 27.9 Å². The van der Waals surface area contributed by atoms with Crippen molar-refractivity contribution in [2.24, 2.45) is 11.8 Å². The molecule has 0 bridgehead atoms. The molecule has 1 fully saturated rings. The lowest BCUT2D eigenvalue weighted by Crippen LogP contribution is -2.41. The van der Waals surface area contributed by atoms with Crippen molar-refractivity contribution in [3.05, 3.63) is 108 Å². The first-order chi connectivity index (χ1) is 19.9. The highest BCUT2D eigenvalue weighted by Crippen LogP contribution is 2.34. The van der Waals surface area contributed by atoms with Crippen LogP contribution in [0.3, 0.4) is 0 Å². The summed E-state index contributed by atoms with van der Waals surface area (Å²) in [7, 11) is -3.80. The van der Waals surface area contributed by atoms with Crippen LogP contribution in [0.25, 0.3) is 10.8 Å². The number of hydrogen-bond acceptors (Lipinski definition) is 3. The largest absolute Gasteiger partial charge is 0.321 e. The van der Waals surface area contributed by atoms with Crippen molar-refractivity contribution in [3.63, 3.8) is 0 Å². The van der Waals surface area contributed by atoms with Crippen molar-refractivity contribution in [1.82, 2.24) is 4.72 Å². The summed E-state index contributed by atoms with van der Waals surface area (Å²) >= 11 is 0. The molecule has 214 valence electrons. The molecule has 6 heteroatoms. The van der Waals surface area contributed by atoms with Gasteiger partial charge in [-0.25, -0.2) is 13.1 Å². The molecule has 1 aliphatic rings. The van der Waals surface area contributed by atoms with Crippen LogP contribution in [0.4, 0.5) is 5.69 Å². The Bertz CT molecular complexity index is 1600. The van der Waals surface area contributed by atoms with Gasteiger partial charge in [0.2, 0.25) is 10.0 Å². The summed E-state index contributed by atoms with van der Waals surface area (Å²) < 4.78 is 31.0. The summed E-state index contributed by atoms with van der Waals surface area (Å²) in [5, 5.41) is 4.30. The van der Waals surface area contributed by atoms with Gasteiger partial charge in [0.25, 0.3) is 5.91 Å². The number of fused-ring (bicyclic) bond motifs is 1. The maximum absolute atomic E-state index is 13.9. The third-order valence-corrected chi connectivity index (χ3v) is 10.1. The zero-order valence-corrected chi connectivity index (χ0v) is 24.8. The maximum Gasteiger partial charge on any atom is 0.255 e. The molecule has 5 rings (SSSR count). The lowest BCUT2D eigenvalue weighted by Gasteiger charge is -2.33. The number of nitrogens with one attached hydrogen (secondary N) is 2. The zero-order chi connectivity index (χ0) is 28.8. The van der Waals surface area contributed by atoms with Gasteiger partial charge in [-0.3, -0.25) is 4.79 Å². The number of amides is 1.